The van der Waals surface area contributed by atoms with E-state index in [1.807, 2.05) is 6.07 Å². The molecule has 15 N–H and O–H groups in total. The maximum absolute atomic E-state index is 13.8. The Hall–Kier alpha value is -6.62. The van der Waals surface area contributed by atoms with E-state index < -0.39 is 98.4 Å². The van der Waals surface area contributed by atoms with Gasteiger partial charge in [0.25, 0.3) is 0 Å². The maximum atomic E-state index is 13.8. The number of hydrogen-bond acceptors (Lipinski definition) is 12. The highest BCUT2D eigenvalue weighted by molar-refractivity contribution is 5.96. The number of unbranched alkanes of at least 4 members (excludes halogenated alkanes) is 12. The molecule has 0 aliphatic carbocycles. The van der Waals surface area contributed by atoms with Crippen LogP contribution in [0.4, 0.5) is 0 Å². The number of aliphatic hydroxyl groups excluding tert-OH is 2. The molecule has 1 heterocycles. The summed E-state index contributed by atoms with van der Waals surface area (Å²) in [7, 11) is 0. The zero-order valence-corrected chi connectivity index (χ0v) is 42.1. The Morgan fingerprint density at radius 3 is 1.57 bits per heavy atom. The monoisotopic (exact) mass is 1010 g/mol. The van der Waals surface area contributed by atoms with E-state index in [-0.39, 0.29) is 37.2 Å². The molecule has 0 fully saturated rings. The lowest BCUT2D eigenvalue weighted by Crippen LogP contribution is -2.57. The number of carbonyl (C=O) groups excluding carboxylic acids is 8. The SMILES string of the molecule is CCCCCCCCCCCCCCCC(=O)NCC(=O)N[C@@H](CO)C(=O)NCC(=O)N[C@@H](CO)C(=O)NCC(=O)NC(Cc1c[nH]cn1)C(=O)N[C@@H](Cc1ccccc1)C(=O)N[C@H](C)CCCNC(=N)N. The Kier molecular flexibility index (Phi) is 31.8. The minimum Gasteiger partial charge on any atom is -0.394 e. The van der Waals surface area contributed by atoms with Crippen LogP contribution in [0.5, 0.6) is 0 Å². The lowest BCUT2D eigenvalue weighted by Gasteiger charge is -2.25. The van der Waals surface area contributed by atoms with Crippen molar-refractivity contribution in [1.29, 1.82) is 5.41 Å². The highest BCUT2D eigenvalue weighted by Crippen LogP contribution is 2.13. The first-order valence-corrected chi connectivity index (χ1v) is 25.3. The number of amides is 8. The standard InChI is InChI=1S/C49H81N13O10/c1-3-4-5-6-7-8-9-10-11-12-13-14-18-23-41(65)54-28-42(66)60-39(31-63)45(69)56-30-44(68)61-40(32-64)46(70)55-29-43(67)59-38(26-36-27-52-33-57-36)48(72)62-37(25-35-21-16-15-17-22-35)47(71)58-34(2)20-19-24-53-49(50)51/h15-17,21-22,27,33-34,37-40,63-64H,3-14,18-20,23-26,28-32H2,1-2H3,(H,52,57)(H,54,65)(H,55,70)(H,56,69)(H,58,71)(H,59,67)(H,60,66)(H,61,68)(H,62,72)(H4,50,51,53)/t34-,37+,38?,39+,40+/m1/s1. The van der Waals surface area contributed by atoms with Crippen LogP contribution in [0.3, 0.4) is 0 Å². The van der Waals surface area contributed by atoms with Crippen molar-refractivity contribution in [2.75, 3.05) is 39.4 Å². The van der Waals surface area contributed by atoms with Crippen molar-refractivity contribution in [2.45, 2.75) is 160 Å². The predicted octanol–water partition coefficient (Wildman–Crippen LogP) is -0.283. The quantitative estimate of drug-likeness (QED) is 0.0233. The van der Waals surface area contributed by atoms with Crippen molar-refractivity contribution in [2.24, 2.45) is 5.73 Å². The summed E-state index contributed by atoms with van der Waals surface area (Å²) in [4.78, 5) is 111. The molecule has 23 heteroatoms. The second kappa shape index (κ2) is 37.2. The Morgan fingerprint density at radius 1 is 0.583 bits per heavy atom. The van der Waals surface area contributed by atoms with Gasteiger partial charge in [0, 0.05) is 38.0 Å². The fraction of sp³-hybridized carbons (Fsp3) is 0.633. The van der Waals surface area contributed by atoms with Gasteiger partial charge in [-0.1, -0.05) is 114 Å². The van der Waals surface area contributed by atoms with Crippen LogP contribution in [0.25, 0.3) is 0 Å². The van der Waals surface area contributed by atoms with Crippen LogP contribution in [0.2, 0.25) is 0 Å². The van der Waals surface area contributed by atoms with E-state index in [0.29, 0.717) is 31.5 Å². The molecule has 5 atom stereocenters. The largest absolute Gasteiger partial charge is 0.394 e. The molecule has 0 aliphatic heterocycles. The summed E-state index contributed by atoms with van der Waals surface area (Å²) in [5, 5.41) is 49.3. The Labute approximate surface area is 422 Å². The molecule has 2 aromatic rings. The molecule has 8 amide bonds. The van der Waals surface area contributed by atoms with E-state index in [9.17, 15) is 48.6 Å². The number of nitrogens with two attached hydrogens (primary N) is 1. The summed E-state index contributed by atoms with van der Waals surface area (Å²) in [6.07, 6.45) is 19.6. The summed E-state index contributed by atoms with van der Waals surface area (Å²) >= 11 is 0. The summed E-state index contributed by atoms with van der Waals surface area (Å²) < 4.78 is 0. The molecule has 0 bridgehead atoms. The summed E-state index contributed by atoms with van der Waals surface area (Å²) in [5.41, 5.74) is 6.50. The third kappa shape index (κ3) is 28.3. The number of aromatic amines is 1. The van der Waals surface area contributed by atoms with Gasteiger partial charge in [0.1, 0.15) is 24.2 Å². The highest BCUT2D eigenvalue weighted by atomic mass is 16.3. The van der Waals surface area contributed by atoms with Gasteiger partial charge in [0.15, 0.2) is 5.96 Å². The van der Waals surface area contributed by atoms with Gasteiger partial charge < -0.3 is 68.8 Å². The molecule has 0 saturated heterocycles. The highest BCUT2D eigenvalue weighted by Gasteiger charge is 2.29. The third-order valence-corrected chi connectivity index (χ3v) is 11.5. The van der Waals surface area contributed by atoms with Crippen LogP contribution >= 0.6 is 0 Å². The van der Waals surface area contributed by atoms with E-state index >= 15 is 0 Å². The van der Waals surface area contributed by atoms with Crippen molar-refractivity contribution in [3.8, 4) is 0 Å². The second-order valence-corrected chi connectivity index (χ2v) is 17.8. The van der Waals surface area contributed by atoms with Crippen LogP contribution < -0.4 is 53.6 Å². The molecule has 2 rings (SSSR count). The minimum absolute atomic E-state index is 0.105. The first-order valence-electron chi connectivity index (χ1n) is 25.3. The van der Waals surface area contributed by atoms with Gasteiger partial charge in [-0.2, -0.15) is 0 Å². The van der Waals surface area contributed by atoms with Crippen LogP contribution in [0.15, 0.2) is 42.9 Å². The number of nitrogens with one attached hydrogen (secondary N) is 11. The first kappa shape index (κ1) is 61.5. The van der Waals surface area contributed by atoms with Crippen LogP contribution in [-0.4, -0.2) is 143 Å². The summed E-state index contributed by atoms with van der Waals surface area (Å²) in [6, 6.07) is 3.31. The first-order chi connectivity index (χ1) is 34.6. The lowest BCUT2D eigenvalue weighted by molar-refractivity contribution is -0.133. The number of rotatable bonds is 39. The van der Waals surface area contributed by atoms with Crippen LogP contribution in [-0.2, 0) is 51.2 Å². The topological polar surface area (TPSA) is 364 Å². The molecule has 23 nitrogen and oxygen atoms in total. The molecule has 72 heavy (non-hydrogen) atoms. The Morgan fingerprint density at radius 2 is 1.07 bits per heavy atom. The van der Waals surface area contributed by atoms with Crippen molar-refractivity contribution in [3.05, 3.63) is 54.1 Å². The molecule has 1 aromatic heterocycles. The normalized spacial score (nSPS) is 12.9. The van der Waals surface area contributed by atoms with E-state index in [1.54, 1.807) is 31.2 Å². The zero-order chi connectivity index (χ0) is 52.9. The van der Waals surface area contributed by atoms with E-state index in [0.717, 1.165) is 24.8 Å². The van der Waals surface area contributed by atoms with Crippen molar-refractivity contribution >= 4 is 53.2 Å². The molecule has 1 unspecified atom stereocenters. The van der Waals surface area contributed by atoms with E-state index in [2.05, 4.69) is 64.7 Å². The van der Waals surface area contributed by atoms with E-state index in [1.165, 1.54) is 70.3 Å². The zero-order valence-electron chi connectivity index (χ0n) is 42.1. The maximum Gasteiger partial charge on any atom is 0.245 e. The van der Waals surface area contributed by atoms with Crippen LogP contribution in [0, 0.1) is 5.41 Å². The number of nitrogens with zero attached hydrogens (tertiary/aromatic N) is 1. The smallest absolute Gasteiger partial charge is 0.245 e. The number of H-pyrrole nitrogens is 1. The molecule has 0 spiro atoms. The number of aromatic nitrogens is 2. The molecular formula is C49H81N13O10. The van der Waals surface area contributed by atoms with Crippen molar-refractivity contribution in [3.63, 3.8) is 0 Å². The average Bonchev–Trinajstić information content (AvgIpc) is 3.88. The average molecular weight is 1010 g/mol. The minimum atomic E-state index is -1.58. The van der Waals surface area contributed by atoms with Gasteiger partial charge in [0.05, 0.1) is 44.9 Å². The third-order valence-electron chi connectivity index (χ3n) is 11.5. The fourth-order valence-electron chi connectivity index (χ4n) is 7.48. The lowest BCUT2D eigenvalue weighted by atomic mass is 10.0. The molecule has 0 aliphatic rings. The molecule has 1 aromatic carbocycles. The predicted molar refractivity (Wildman–Crippen MR) is 270 cm³/mol. The number of imidazole rings is 1. The Bertz CT molecular complexity index is 1940. The van der Waals surface area contributed by atoms with E-state index in [4.69, 9.17) is 11.1 Å². The van der Waals surface area contributed by atoms with Gasteiger partial charge in [-0.25, -0.2) is 4.98 Å². The number of hydrogen-bond donors (Lipinski definition) is 14. The van der Waals surface area contributed by atoms with Gasteiger partial charge >= 0.3 is 0 Å². The molecule has 402 valence electrons. The number of aliphatic hydroxyl groups is 2. The number of carbonyl (C=O) groups is 8. The molecular weight excluding hydrogens is 931 g/mol. The fourth-order valence-corrected chi connectivity index (χ4v) is 7.48. The van der Waals surface area contributed by atoms with Gasteiger partial charge in [-0.15, -0.1) is 0 Å². The van der Waals surface area contributed by atoms with Crippen molar-refractivity contribution in [1.82, 2.24) is 57.8 Å². The van der Waals surface area contributed by atoms with Crippen molar-refractivity contribution < 1.29 is 48.6 Å². The number of guanidine groups is 1. The van der Waals surface area contributed by atoms with Crippen LogP contribution in [0.1, 0.15) is 128 Å². The van der Waals surface area contributed by atoms with Gasteiger partial charge in [-0.3, -0.25) is 43.8 Å². The second-order valence-electron chi connectivity index (χ2n) is 17.8. The summed E-state index contributed by atoms with van der Waals surface area (Å²) in [6.45, 7) is 0.867. The summed E-state index contributed by atoms with van der Waals surface area (Å²) in [5.74, 6) is -6.11. The number of benzene rings is 1. The Balaban J connectivity index is 1.82. The molecule has 0 saturated carbocycles. The van der Waals surface area contributed by atoms with Gasteiger partial charge in [-0.05, 0) is 31.7 Å². The van der Waals surface area contributed by atoms with Gasteiger partial charge in [0.2, 0.25) is 47.3 Å². The molecule has 0 radical (unpaired) electrons.